The van der Waals surface area contributed by atoms with Crippen molar-refractivity contribution in [2.75, 3.05) is 23.3 Å². The van der Waals surface area contributed by atoms with Gasteiger partial charge in [-0.2, -0.15) is 4.52 Å². The lowest BCUT2D eigenvalue weighted by Gasteiger charge is -2.33. The van der Waals surface area contributed by atoms with Gasteiger partial charge in [0.25, 0.3) is 5.56 Å². The Morgan fingerprint density at radius 3 is 2.96 bits per heavy atom. The van der Waals surface area contributed by atoms with Crippen LogP contribution in [0.5, 0.6) is 0 Å². The monoisotopic (exact) mass is 355 g/mol. The largest absolute Gasteiger partial charge is 0.381 e. The fourth-order valence-electron chi connectivity index (χ4n) is 3.19. The van der Waals surface area contributed by atoms with Crippen LogP contribution in [0.1, 0.15) is 25.5 Å². The number of aryl methyl sites for hydroxylation is 1. The summed E-state index contributed by atoms with van der Waals surface area (Å²) in [4.78, 5) is 19.7. The summed E-state index contributed by atoms with van der Waals surface area (Å²) in [6.45, 7) is 3.84. The Kier molecular flexibility index (Phi) is 4.40. The van der Waals surface area contributed by atoms with Gasteiger partial charge < -0.3 is 10.2 Å². The van der Waals surface area contributed by atoms with Gasteiger partial charge in [0.05, 0.1) is 0 Å². The zero-order valence-corrected chi connectivity index (χ0v) is 15.0. The highest BCUT2D eigenvalue weighted by Crippen LogP contribution is 2.26. The minimum atomic E-state index is -0.0969. The summed E-state index contributed by atoms with van der Waals surface area (Å²) in [5.74, 6) is 0. The number of benzene rings is 1. The molecule has 1 aliphatic heterocycles. The van der Waals surface area contributed by atoms with Crippen LogP contribution >= 0.6 is 11.3 Å². The number of hydrogen-bond acceptors (Lipinski definition) is 6. The molecule has 2 aromatic heterocycles. The molecule has 6 nitrogen and oxygen atoms in total. The molecular weight excluding hydrogens is 334 g/mol. The Bertz CT molecular complexity index is 920. The van der Waals surface area contributed by atoms with Gasteiger partial charge in [0.1, 0.15) is 0 Å². The molecule has 0 radical (unpaired) electrons. The van der Waals surface area contributed by atoms with Crippen LogP contribution in [0, 0.1) is 0 Å². The van der Waals surface area contributed by atoms with Crippen molar-refractivity contribution in [2.45, 2.75) is 32.2 Å². The number of nitrogens with zero attached hydrogens (tertiary/aromatic N) is 4. The molecule has 7 heteroatoms. The van der Waals surface area contributed by atoms with Crippen molar-refractivity contribution in [3.05, 3.63) is 52.4 Å². The van der Waals surface area contributed by atoms with E-state index in [0.717, 1.165) is 48.9 Å². The van der Waals surface area contributed by atoms with E-state index in [1.54, 1.807) is 6.07 Å². The normalized spacial score (nSPS) is 17.8. The number of fused-ring (bicyclic) bond motifs is 1. The van der Waals surface area contributed by atoms with Gasteiger partial charge in [-0.05, 0) is 31.4 Å². The van der Waals surface area contributed by atoms with Gasteiger partial charge in [0, 0.05) is 36.6 Å². The van der Waals surface area contributed by atoms with E-state index in [4.69, 9.17) is 0 Å². The zero-order chi connectivity index (χ0) is 17.2. The summed E-state index contributed by atoms with van der Waals surface area (Å²) < 4.78 is 1.42. The molecule has 1 aromatic carbocycles. The third-order valence-corrected chi connectivity index (χ3v) is 5.46. The molecule has 3 heterocycles. The molecule has 1 N–H and O–H groups in total. The van der Waals surface area contributed by atoms with Crippen molar-refractivity contribution in [1.29, 1.82) is 0 Å². The molecule has 1 fully saturated rings. The van der Waals surface area contributed by atoms with Crippen molar-refractivity contribution < 1.29 is 0 Å². The smallest absolute Gasteiger partial charge is 0.275 e. The lowest BCUT2D eigenvalue weighted by molar-refractivity contribution is 0.527. The van der Waals surface area contributed by atoms with E-state index >= 15 is 0 Å². The highest BCUT2D eigenvalue weighted by atomic mass is 32.1. The summed E-state index contributed by atoms with van der Waals surface area (Å²) >= 11 is 1.49. The van der Waals surface area contributed by atoms with Gasteiger partial charge in [0.2, 0.25) is 10.1 Å². The number of piperidine rings is 1. The van der Waals surface area contributed by atoms with Crippen LogP contribution in [0.2, 0.25) is 0 Å². The second-order valence-electron chi connectivity index (χ2n) is 6.31. The van der Waals surface area contributed by atoms with Gasteiger partial charge in [-0.15, -0.1) is 5.10 Å². The highest BCUT2D eigenvalue weighted by Gasteiger charge is 2.23. The van der Waals surface area contributed by atoms with Crippen molar-refractivity contribution in [2.24, 2.45) is 0 Å². The Morgan fingerprint density at radius 2 is 2.16 bits per heavy atom. The Labute approximate surface area is 150 Å². The Morgan fingerprint density at radius 1 is 1.32 bits per heavy atom. The fourth-order valence-corrected chi connectivity index (χ4v) is 4.15. The van der Waals surface area contributed by atoms with E-state index in [2.05, 4.69) is 32.4 Å². The van der Waals surface area contributed by atoms with Crippen LogP contribution in [0.15, 0.2) is 41.2 Å². The van der Waals surface area contributed by atoms with Crippen LogP contribution in [0.4, 0.5) is 10.8 Å². The summed E-state index contributed by atoms with van der Waals surface area (Å²) in [5.41, 5.74) is 1.87. The molecule has 1 atom stereocenters. The van der Waals surface area contributed by atoms with E-state index in [-0.39, 0.29) is 5.56 Å². The van der Waals surface area contributed by atoms with E-state index in [9.17, 15) is 4.79 Å². The molecular formula is C18H21N5OS. The van der Waals surface area contributed by atoms with Crippen molar-refractivity contribution in [3.63, 3.8) is 0 Å². The van der Waals surface area contributed by atoms with Crippen molar-refractivity contribution in [1.82, 2.24) is 14.6 Å². The molecule has 25 heavy (non-hydrogen) atoms. The van der Waals surface area contributed by atoms with Crippen molar-refractivity contribution in [3.8, 4) is 0 Å². The van der Waals surface area contributed by atoms with Gasteiger partial charge in [-0.1, -0.05) is 36.5 Å². The molecule has 130 valence electrons. The molecule has 3 aromatic rings. The molecule has 4 rings (SSSR count). The standard InChI is InChI=1S/C18H21N5OS/c1-2-13-11-16(24)23-17(20-13)25-18(21-23)22-10-6-9-15(12-22)19-14-7-4-3-5-8-14/h3-5,7-8,11,15,19H,2,6,9-10,12H2,1H3. The molecule has 1 unspecified atom stereocenters. The SMILES string of the molecule is CCc1cc(=O)n2nc(N3CCCC(Nc4ccccc4)C3)sc2n1. The summed E-state index contributed by atoms with van der Waals surface area (Å²) in [7, 11) is 0. The molecule has 0 bridgehead atoms. The number of anilines is 2. The molecule has 0 saturated carbocycles. The first-order chi connectivity index (χ1) is 12.2. The average molecular weight is 355 g/mol. The van der Waals surface area contributed by atoms with Crippen LogP contribution in [0.25, 0.3) is 4.96 Å². The van der Waals surface area contributed by atoms with Crippen LogP contribution < -0.4 is 15.8 Å². The number of hydrogen-bond donors (Lipinski definition) is 1. The Hall–Kier alpha value is -2.41. The van der Waals surface area contributed by atoms with Gasteiger partial charge in [-0.3, -0.25) is 4.79 Å². The maximum absolute atomic E-state index is 12.2. The van der Waals surface area contributed by atoms with Crippen molar-refractivity contribution >= 4 is 27.1 Å². The van der Waals surface area contributed by atoms with E-state index in [1.165, 1.54) is 15.9 Å². The Balaban J connectivity index is 1.56. The zero-order valence-electron chi connectivity index (χ0n) is 14.2. The first-order valence-corrected chi connectivity index (χ1v) is 9.51. The second kappa shape index (κ2) is 6.84. The quantitative estimate of drug-likeness (QED) is 0.780. The number of nitrogens with one attached hydrogen (secondary N) is 1. The van der Waals surface area contributed by atoms with E-state index in [1.807, 2.05) is 25.1 Å². The molecule has 1 aliphatic rings. The van der Waals surface area contributed by atoms with Crippen LogP contribution in [0.3, 0.4) is 0 Å². The van der Waals surface area contributed by atoms with Crippen LogP contribution in [-0.2, 0) is 6.42 Å². The molecule has 0 aliphatic carbocycles. The lowest BCUT2D eigenvalue weighted by Crippen LogP contribution is -2.42. The van der Waals surface area contributed by atoms with Gasteiger partial charge in [0.15, 0.2) is 0 Å². The summed E-state index contributed by atoms with van der Waals surface area (Å²) in [5, 5.41) is 8.98. The third-order valence-electron chi connectivity index (χ3n) is 4.49. The third kappa shape index (κ3) is 3.37. The number of rotatable bonds is 4. The minimum Gasteiger partial charge on any atom is -0.381 e. The second-order valence-corrected chi connectivity index (χ2v) is 7.25. The van der Waals surface area contributed by atoms with Gasteiger partial charge >= 0.3 is 0 Å². The highest BCUT2D eigenvalue weighted by molar-refractivity contribution is 7.20. The molecule has 0 spiro atoms. The molecule has 0 amide bonds. The number of para-hydroxylation sites is 1. The molecule has 1 saturated heterocycles. The van der Waals surface area contributed by atoms with E-state index in [0.29, 0.717) is 11.0 Å². The first kappa shape index (κ1) is 16.1. The summed E-state index contributed by atoms with van der Waals surface area (Å²) in [6.07, 6.45) is 2.99. The first-order valence-electron chi connectivity index (χ1n) is 8.69. The maximum Gasteiger partial charge on any atom is 0.275 e. The van der Waals surface area contributed by atoms with Gasteiger partial charge in [-0.25, -0.2) is 4.98 Å². The topological polar surface area (TPSA) is 62.5 Å². The number of aromatic nitrogens is 3. The fraction of sp³-hybridized carbons (Fsp3) is 0.389. The maximum atomic E-state index is 12.2. The predicted octanol–water partition coefficient (Wildman–Crippen LogP) is 2.79. The lowest BCUT2D eigenvalue weighted by atomic mass is 10.1. The van der Waals surface area contributed by atoms with E-state index < -0.39 is 0 Å². The minimum absolute atomic E-state index is 0.0969. The summed E-state index contributed by atoms with van der Waals surface area (Å²) in [6, 6.07) is 12.2. The average Bonchev–Trinajstić information content (AvgIpc) is 3.07. The van der Waals surface area contributed by atoms with Crippen LogP contribution in [-0.4, -0.2) is 33.7 Å². The predicted molar refractivity (Wildman–Crippen MR) is 102 cm³/mol.